The largest absolute Gasteiger partial charge is 0.497 e. The minimum Gasteiger partial charge on any atom is -0.497 e. The summed E-state index contributed by atoms with van der Waals surface area (Å²) in [6, 6.07) is 13.4. The number of benzene rings is 2. The quantitative estimate of drug-likeness (QED) is 0.230. The molecule has 1 aliphatic rings. The Morgan fingerprint density at radius 3 is 2.57 bits per heavy atom. The first-order valence-electron chi connectivity index (χ1n) is 14.6. The minimum atomic E-state index is -2.56. The Hall–Kier alpha value is -4.15. The normalized spacial score (nSPS) is 15.0. The number of allylic oxidation sites excluding steroid dienone is 1. The molecule has 0 radical (unpaired) electrons. The highest BCUT2D eigenvalue weighted by Crippen LogP contribution is 2.32. The second-order valence-corrected chi connectivity index (χ2v) is 12.0. The van der Waals surface area contributed by atoms with Crippen molar-refractivity contribution in [1.82, 2.24) is 19.8 Å². The van der Waals surface area contributed by atoms with Crippen molar-refractivity contribution < 1.29 is 18.3 Å². The summed E-state index contributed by atoms with van der Waals surface area (Å²) in [6.45, 7) is 9.68. The third-order valence-corrected chi connectivity index (χ3v) is 8.53. The highest BCUT2D eigenvalue weighted by molar-refractivity contribution is 7.13. The summed E-state index contributed by atoms with van der Waals surface area (Å²) in [7, 11) is 1.58. The summed E-state index contributed by atoms with van der Waals surface area (Å²) in [5.74, 6) is 0.423. The Bertz CT molecular complexity index is 1760. The first-order valence-corrected chi connectivity index (χ1v) is 15.5. The van der Waals surface area contributed by atoms with Gasteiger partial charge in [0, 0.05) is 48.2 Å². The third-order valence-electron chi connectivity index (χ3n) is 7.66. The van der Waals surface area contributed by atoms with Gasteiger partial charge in [-0.3, -0.25) is 14.2 Å². The van der Waals surface area contributed by atoms with E-state index >= 15 is 0 Å². The van der Waals surface area contributed by atoms with Gasteiger partial charge in [0.1, 0.15) is 10.8 Å². The van der Waals surface area contributed by atoms with Gasteiger partial charge in [-0.05, 0) is 51.0 Å². The van der Waals surface area contributed by atoms with Crippen molar-refractivity contribution in [2.75, 3.05) is 26.7 Å². The SMILES string of the molecule is CCc1ccc(OC)cc1-n1c(C=C(C)C)c(C(=O)N2CCN[C@@H](C)C2)cc(-c2nc(-c3ccc(C(F)F)cc3)cs2)c1=O. The van der Waals surface area contributed by atoms with E-state index in [0.717, 1.165) is 11.1 Å². The zero-order valence-electron chi connectivity index (χ0n) is 25.5. The molecule has 44 heavy (non-hydrogen) atoms. The molecule has 1 aliphatic heterocycles. The number of amides is 1. The summed E-state index contributed by atoms with van der Waals surface area (Å²) >= 11 is 1.27. The van der Waals surface area contributed by atoms with Crippen molar-refractivity contribution in [1.29, 1.82) is 0 Å². The van der Waals surface area contributed by atoms with Crippen LogP contribution in [0.15, 0.2) is 64.3 Å². The number of nitrogens with one attached hydrogen (secondary N) is 1. The number of hydrogen-bond acceptors (Lipinski definition) is 6. The lowest BCUT2D eigenvalue weighted by molar-refractivity contribution is 0.0708. The lowest BCUT2D eigenvalue weighted by Crippen LogP contribution is -2.51. The molecule has 1 N–H and O–H groups in total. The number of halogens is 2. The number of aromatic nitrogens is 2. The van der Waals surface area contributed by atoms with Crippen LogP contribution in [0.3, 0.4) is 0 Å². The van der Waals surface area contributed by atoms with E-state index in [1.165, 1.54) is 23.5 Å². The fourth-order valence-electron chi connectivity index (χ4n) is 5.40. The van der Waals surface area contributed by atoms with E-state index < -0.39 is 6.43 Å². The molecule has 1 saturated heterocycles. The summed E-state index contributed by atoms with van der Waals surface area (Å²) in [4.78, 5) is 35.4. The van der Waals surface area contributed by atoms with Crippen LogP contribution in [0, 0.1) is 0 Å². The van der Waals surface area contributed by atoms with Crippen LogP contribution in [-0.2, 0) is 6.42 Å². The molecule has 5 rings (SSSR count). The number of aryl methyl sites for hydroxylation is 1. The molecule has 7 nitrogen and oxygen atoms in total. The van der Waals surface area contributed by atoms with E-state index in [1.807, 2.05) is 56.9 Å². The first-order chi connectivity index (χ1) is 21.1. The highest BCUT2D eigenvalue weighted by Gasteiger charge is 2.28. The van der Waals surface area contributed by atoms with Crippen molar-refractivity contribution in [3.8, 4) is 33.3 Å². The lowest BCUT2D eigenvalue weighted by atomic mass is 10.0. The van der Waals surface area contributed by atoms with Gasteiger partial charge < -0.3 is 15.0 Å². The second kappa shape index (κ2) is 13.2. The molecule has 0 saturated carbocycles. The number of pyridine rings is 1. The summed E-state index contributed by atoms with van der Waals surface area (Å²) in [5, 5.41) is 5.61. The summed E-state index contributed by atoms with van der Waals surface area (Å²) in [6.07, 6.45) is -0.0354. The fourth-order valence-corrected chi connectivity index (χ4v) is 6.24. The van der Waals surface area contributed by atoms with Gasteiger partial charge in [0.15, 0.2) is 0 Å². The van der Waals surface area contributed by atoms with Crippen LogP contribution in [0.2, 0.25) is 0 Å². The number of methoxy groups -OCH3 is 1. The van der Waals surface area contributed by atoms with E-state index in [-0.39, 0.29) is 28.6 Å². The lowest BCUT2D eigenvalue weighted by Gasteiger charge is -2.32. The Balaban J connectivity index is 1.77. The molecule has 230 valence electrons. The molecule has 0 unspecified atom stereocenters. The van der Waals surface area contributed by atoms with Gasteiger partial charge in [0.25, 0.3) is 17.9 Å². The third kappa shape index (κ3) is 6.37. The predicted octanol–water partition coefficient (Wildman–Crippen LogP) is 6.99. The zero-order valence-corrected chi connectivity index (χ0v) is 26.3. The maximum absolute atomic E-state index is 14.5. The molecule has 0 spiro atoms. The molecule has 1 atom stereocenters. The Morgan fingerprint density at radius 1 is 1.18 bits per heavy atom. The number of nitrogens with zero attached hydrogens (tertiary/aromatic N) is 3. The Morgan fingerprint density at radius 2 is 1.93 bits per heavy atom. The molecule has 10 heteroatoms. The first kappa shape index (κ1) is 31.3. The molecule has 2 aromatic heterocycles. The van der Waals surface area contributed by atoms with Crippen LogP contribution in [0.1, 0.15) is 61.3 Å². The van der Waals surface area contributed by atoms with Gasteiger partial charge in [0.05, 0.1) is 35.3 Å². The van der Waals surface area contributed by atoms with Crippen molar-refractivity contribution in [2.24, 2.45) is 0 Å². The standard InChI is InChI=1S/C34H36F2N4O3S/c1-6-22-11-12-25(43-5)16-29(22)40-30(15-20(2)3)26(33(41)39-14-13-37-21(4)18-39)17-27(34(40)42)32-38-28(19-44-32)23-7-9-24(10-8-23)31(35)36/h7-12,15-17,19,21,31,37H,6,13-14,18H2,1-5H3/t21-/m0/s1. The van der Waals surface area contributed by atoms with Crippen molar-refractivity contribution in [2.45, 2.75) is 46.6 Å². The fraction of sp³-hybridized carbons (Fsp3) is 0.324. The van der Waals surface area contributed by atoms with Crippen LogP contribution in [0.25, 0.3) is 33.6 Å². The molecule has 3 heterocycles. The molecule has 0 aliphatic carbocycles. The number of ether oxygens (including phenoxy) is 1. The number of hydrogen-bond donors (Lipinski definition) is 1. The summed E-state index contributed by atoms with van der Waals surface area (Å²) < 4.78 is 33.4. The van der Waals surface area contributed by atoms with Crippen LogP contribution in [0.5, 0.6) is 5.75 Å². The van der Waals surface area contributed by atoms with Crippen molar-refractivity contribution in [3.63, 3.8) is 0 Å². The van der Waals surface area contributed by atoms with Crippen LogP contribution in [0.4, 0.5) is 8.78 Å². The van der Waals surface area contributed by atoms with E-state index in [2.05, 4.69) is 5.32 Å². The number of carbonyl (C=O) groups excluding carboxylic acids is 1. The van der Waals surface area contributed by atoms with E-state index in [4.69, 9.17) is 9.72 Å². The second-order valence-electron chi connectivity index (χ2n) is 11.1. The number of alkyl halides is 2. The highest BCUT2D eigenvalue weighted by atomic mass is 32.1. The Labute approximate surface area is 259 Å². The monoisotopic (exact) mass is 618 g/mol. The van der Waals surface area contributed by atoms with Gasteiger partial charge in [-0.2, -0.15) is 0 Å². The number of thiazole rings is 1. The zero-order chi connectivity index (χ0) is 31.5. The van der Waals surface area contributed by atoms with Crippen LogP contribution < -0.4 is 15.6 Å². The molecular formula is C34H36F2N4O3S. The maximum atomic E-state index is 14.5. The molecule has 4 aromatic rings. The van der Waals surface area contributed by atoms with Gasteiger partial charge in [-0.1, -0.05) is 42.8 Å². The predicted molar refractivity (Wildman–Crippen MR) is 172 cm³/mol. The van der Waals surface area contributed by atoms with E-state index in [9.17, 15) is 18.4 Å². The number of carbonyl (C=O) groups is 1. The van der Waals surface area contributed by atoms with Gasteiger partial charge >= 0.3 is 0 Å². The van der Waals surface area contributed by atoms with E-state index in [0.29, 0.717) is 65.0 Å². The van der Waals surface area contributed by atoms with Crippen molar-refractivity contribution >= 4 is 23.3 Å². The minimum absolute atomic E-state index is 0.0719. The summed E-state index contributed by atoms with van der Waals surface area (Å²) in [5.41, 5.74) is 4.49. The number of piperazine rings is 1. The average Bonchev–Trinajstić information content (AvgIpc) is 3.50. The van der Waals surface area contributed by atoms with Gasteiger partial charge in [-0.15, -0.1) is 11.3 Å². The Kier molecular flexibility index (Phi) is 9.41. The number of rotatable bonds is 8. The van der Waals surface area contributed by atoms with Crippen molar-refractivity contribution in [3.05, 3.63) is 92.2 Å². The smallest absolute Gasteiger partial charge is 0.265 e. The maximum Gasteiger partial charge on any atom is 0.265 e. The topological polar surface area (TPSA) is 76.5 Å². The molecule has 1 fully saturated rings. The molecule has 0 bridgehead atoms. The molecular weight excluding hydrogens is 582 g/mol. The van der Waals surface area contributed by atoms with Gasteiger partial charge in [0.2, 0.25) is 0 Å². The van der Waals surface area contributed by atoms with Crippen LogP contribution in [-0.4, -0.2) is 53.1 Å². The average molecular weight is 619 g/mol. The van der Waals surface area contributed by atoms with Gasteiger partial charge in [-0.25, -0.2) is 13.8 Å². The molecule has 2 aromatic carbocycles. The van der Waals surface area contributed by atoms with E-state index in [1.54, 1.807) is 35.3 Å². The van der Waals surface area contributed by atoms with Crippen LogP contribution >= 0.6 is 11.3 Å². The molecule has 1 amide bonds.